The van der Waals surface area contributed by atoms with Crippen molar-refractivity contribution in [2.75, 3.05) is 7.11 Å². The molecule has 17 heavy (non-hydrogen) atoms. The molecule has 1 aromatic rings. The predicted molar refractivity (Wildman–Crippen MR) is 61.6 cm³/mol. The number of hydrogen-bond acceptors (Lipinski definition) is 2. The molecule has 0 heterocycles. The average Bonchev–Trinajstić information content (AvgIpc) is 2.14. The van der Waals surface area contributed by atoms with Crippen LogP contribution in [0.2, 0.25) is 0 Å². The molecule has 0 saturated heterocycles. The summed E-state index contributed by atoms with van der Waals surface area (Å²) in [7, 11) is 1.47. The largest absolute Gasteiger partial charge is 0.386 e. The summed E-state index contributed by atoms with van der Waals surface area (Å²) < 4.78 is 31.3. The van der Waals surface area contributed by atoms with Crippen LogP contribution in [0.1, 0.15) is 32.4 Å². The highest BCUT2D eigenvalue weighted by Crippen LogP contribution is 2.32. The smallest absolute Gasteiger partial charge is 0.126 e. The number of methoxy groups -OCH3 is 1. The second kappa shape index (κ2) is 5.10. The first kappa shape index (κ1) is 14.1. The maximum Gasteiger partial charge on any atom is 0.126 e. The molecule has 2 atom stereocenters. The summed E-state index contributed by atoms with van der Waals surface area (Å²) in [4.78, 5) is 0. The molecule has 0 spiro atoms. The van der Waals surface area contributed by atoms with Gasteiger partial charge in [-0.15, -0.1) is 0 Å². The van der Waals surface area contributed by atoms with Gasteiger partial charge in [0.2, 0.25) is 0 Å². The van der Waals surface area contributed by atoms with E-state index in [4.69, 9.17) is 4.74 Å². The van der Waals surface area contributed by atoms with E-state index in [0.29, 0.717) is 0 Å². The van der Waals surface area contributed by atoms with Gasteiger partial charge in [0, 0.05) is 13.2 Å². The van der Waals surface area contributed by atoms with Gasteiger partial charge in [-0.2, -0.15) is 0 Å². The van der Waals surface area contributed by atoms with Crippen LogP contribution in [-0.2, 0) is 4.74 Å². The number of aliphatic hydroxyl groups excluding tert-OH is 1. The highest BCUT2D eigenvalue weighted by atomic mass is 19.1. The first-order valence-corrected chi connectivity index (χ1v) is 5.42. The molecule has 0 radical (unpaired) electrons. The van der Waals surface area contributed by atoms with Crippen molar-refractivity contribution < 1.29 is 18.6 Å². The van der Waals surface area contributed by atoms with Gasteiger partial charge >= 0.3 is 0 Å². The van der Waals surface area contributed by atoms with Gasteiger partial charge in [0.1, 0.15) is 17.7 Å². The van der Waals surface area contributed by atoms with E-state index in [1.165, 1.54) is 7.11 Å². The second-order valence-electron chi connectivity index (χ2n) is 5.17. The van der Waals surface area contributed by atoms with Crippen molar-refractivity contribution in [3.05, 3.63) is 35.4 Å². The van der Waals surface area contributed by atoms with Crippen molar-refractivity contribution in [3.8, 4) is 0 Å². The van der Waals surface area contributed by atoms with Gasteiger partial charge in [-0.3, -0.25) is 0 Å². The standard InChI is InChI=1S/C13H18F2O2/c1-13(2,3)12(17-4)11(16)8-5-9(14)7-10(15)6-8/h5-7,11-12,16H,1-4H3. The maximum absolute atomic E-state index is 13.1. The number of halogens is 2. The lowest BCUT2D eigenvalue weighted by atomic mass is 9.83. The van der Waals surface area contributed by atoms with Crippen molar-refractivity contribution in [2.45, 2.75) is 33.0 Å². The molecule has 0 aliphatic heterocycles. The quantitative estimate of drug-likeness (QED) is 0.885. The van der Waals surface area contributed by atoms with E-state index in [1.807, 2.05) is 20.8 Å². The van der Waals surface area contributed by atoms with E-state index < -0.39 is 23.8 Å². The van der Waals surface area contributed by atoms with Crippen LogP contribution >= 0.6 is 0 Å². The normalized spacial score (nSPS) is 15.7. The lowest BCUT2D eigenvalue weighted by Gasteiger charge is -2.33. The van der Waals surface area contributed by atoms with Crippen molar-refractivity contribution >= 4 is 0 Å². The lowest BCUT2D eigenvalue weighted by molar-refractivity contribution is -0.0726. The van der Waals surface area contributed by atoms with Gasteiger partial charge in [-0.05, 0) is 23.1 Å². The van der Waals surface area contributed by atoms with Crippen LogP contribution in [-0.4, -0.2) is 18.3 Å². The fraction of sp³-hybridized carbons (Fsp3) is 0.538. The average molecular weight is 244 g/mol. The molecule has 0 saturated carbocycles. The zero-order chi connectivity index (χ0) is 13.2. The molecule has 1 aromatic carbocycles. The van der Waals surface area contributed by atoms with Gasteiger partial charge < -0.3 is 9.84 Å². The highest BCUT2D eigenvalue weighted by Gasteiger charge is 2.32. The Morgan fingerprint density at radius 3 is 1.94 bits per heavy atom. The van der Waals surface area contributed by atoms with E-state index >= 15 is 0 Å². The van der Waals surface area contributed by atoms with E-state index in [2.05, 4.69) is 0 Å². The summed E-state index contributed by atoms with van der Waals surface area (Å²) in [5.41, 5.74) is -0.152. The molecule has 0 aromatic heterocycles. The predicted octanol–water partition coefficient (Wildman–Crippen LogP) is 3.06. The van der Waals surface area contributed by atoms with Crippen LogP contribution < -0.4 is 0 Å². The van der Waals surface area contributed by atoms with Crippen LogP contribution in [0.5, 0.6) is 0 Å². The van der Waals surface area contributed by atoms with E-state index in [1.54, 1.807) is 0 Å². The minimum Gasteiger partial charge on any atom is -0.386 e. The molecule has 0 fully saturated rings. The summed E-state index contributed by atoms with van der Waals surface area (Å²) in [6.45, 7) is 5.67. The fourth-order valence-electron chi connectivity index (χ4n) is 1.88. The third-order valence-electron chi connectivity index (χ3n) is 2.62. The minimum atomic E-state index is -1.06. The number of ether oxygens (including phenoxy) is 1. The summed E-state index contributed by atoms with van der Waals surface area (Å²) in [6, 6.07) is 3.01. The van der Waals surface area contributed by atoms with Gasteiger partial charge in [-0.25, -0.2) is 8.78 Å². The first-order valence-electron chi connectivity index (χ1n) is 5.42. The van der Waals surface area contributed by atoms with Gasteiger partial charge in [0.25, 0.3) is 0 Å². The summed E-state index contributed by atoms with van der Waals surface area (Å²) >= 11 is 0. The maximum atomic E-state index is 13.1. The van der Waals surface area contributed by atoms with Crippen molar-refractivity contribution in [2.24, 2.45) is 5.41 Å². The minimum absolute atomic E-state index is 0.185. The summed E-state index contributed by atoms with van der Waals surface area (Å²) in [5.74, 6) is -1.41. The Kier molecular flexibility index (Phi) is 4.22. The molecule has 2 nitrogen and oxygen atoms in total. The van der Waals surface area contributed by atoms with Crippen molar-refractivity contribution in [1.82, 2.24) is 0 Å². The monoisotopic (exact) mass is 244 g/mol. The zero-order valence-corrected chi connectivity index (χ0v) is 10.5. The SMILES string of the molecule is COC(C(O)c1cc(F)cc(F)c1)C(C)(C)C. The van der Waals surface area contributed by atoms with Crippen LogP contribution in [0.4, 0.5) is 8.78 Å². The van der Waals surface area contributed by atoms with E-state index in [0.717, 1.165) is 18.2 Å². The molecule has 1 N–H and O–H groups in total. The summed E-state index contributed by atoms with van der Waals surface area (Å²) in [6.07, 6.45) is -1.60. The van der Waals surface area contributed by atoms with E-state index in [9.17, 15) is 13.9 Å². The third-order valence-corrected chi connectivity index (χ3v) is 2.62. The van der Waals surface area contributed by atoms with Crippen LogP contribution in [0, 0.1) is 17.0 Å². The lowest BCUT2D eigenvalue weighted by Crippen LogP contribution is -2.34. The van der Waals surface area contributed by atoms with Crippen molar-refractivity contribution in [1.29, 1.82) is 0 Å². The molecule has 0 aliphatic carbocycles. The molecule has 96 valence electrons. The van der Waals surface area contributed by atoms with Gasteiger partial charge in [-0.1, -0.05) is 20.8 Å². The summed E-state index contributed by atoms with van der Waals surface area (Å²) in [5, 5.41) is 10.1. The number of aliphatic hydroxyl groups is 1. The third kappa shape index (κ3) is 3.48. The number of rotatable bonds is 3. The Hall–Kier alpha value is -1.00. The topological polar surface area (TPSA) is 29.5 Å². The van der Waals surface area contributed by atoms with Crippen molar-refractivity contribution in [3.63, 3.8) is 0 Å². The van der Waals surface area contributed by atoms with E-state index in [-0.39, 0.29) is 11.0 Å². The number of benzene rings is 1. The molecule has 0 bridgehead atoms. The Morgan fingerprint density at radius 1 is 1.12 bits per heavy atom. The second-order valence-corrected chi connectivity index (χ2v) is 5.17. The molecule has 0 amide bonds. The molecule has 0 aliphatic rings. The Morgan fingerprint density at radius 2 is 1.59 bits per heavy atom. The molecular weight excluding hydrogens is 226 g/mol. The molecule has 1 rings (SSSR count). The van der Waals surface area contributed by atoms with Crippen LogP contribution in [0.3, 0.4) is 0 Å². The van der Waals surface area contributed by atoms with Crippen LogP contribution in [0.15, 0.2) is 18.2 Å². The fourth-order valence-corrected chi connectivity index (χ4v) is 1.88. The molecule has 4 heteroatoms. The first-order chi connectivity index (χ1) is 7.75. The number of hydrogen-bond donors (Lipinski definition) is 1. The van der Waals surface area contributed by atoms with Crippen LogP contribution in [0.25, 0.3) is 0 Å². The molecule has 2 unspecified atom stereocenters. The van der Waals surface area contributed by atoms with Gasteiger partial charge in [0.15, 0.2) is 0 Å². The Labute approximate surface area is 100 Å². The van der Waals surface area contributed by atoms with Gasteiger partial charge in [0.05, 0.1) is 6.10 Å². The molecular formula is C13H18F2O2. The zero-order valence-electron chi connectivity index (χ0n) is 10.5. The highest BCUT2D eigenvalue weighted by molar-refractivity contribution is 5.21. The Bertz CT molecular complexity index is 365. The Balaban J connectivity index is 3.06.